The van der Waals surface area contributed by atoms with Gasteiger partial charge in [-0.2, -0.15) is 0 Å². The number of carbonyl (C=O) groups excluding carboxylic acids is 2. The van der Waals surface area contributed by atoms with E-state index in [0.29, 0.717) is 17.4 Å². The van der Waals surface area contributed by atoms with Crippen LogP contribution in [0, 0.1) is 38.5 Å². The molecule has 0 unspecified atom stereocenters. The van der Waals surface area contributed by atoms with Gasteiger partial charge in [0.15, 0.2) is 6.61 Å². The standard InChI is InChI=1S/C19H22O3/c1-11-6-13(3)16(7-12(11)2)18(20)10-22-19(21)17-9-14-4-5-15(17)8-14/h4-7,14-15,17H,8-10H2,1-3H3/t14-,15+,17+/m1/s1. The van der Waals surface area contributed by atoms with Gasteiger partial charge in [0.25, 0.3) is 0 Å². The van der Waals surface area contributed by atoms with Gasteiger partial charge >= 0.3 is 5.97 Å². The normalized spacial score (nSPS) is 25.5. The zero-order valence-electron chi connectivity index (χ0n) is 13.4. The number of allylic oxidation sites excluding steroid dienone is 2. The summed E-state index contributed by atoms with van der Waals surface area (Å²) < 4.78 is 5.30. The van der Waals surface area contributed by atoms with Crippen LogP contribution in [0.15, 0.2) is 24.3 Å². The molecule has 0 aliphatic heterocycles. The summed E-state index contributed by atoms with van der Waals surface area (Å²) in [5.74, 6) is 0.458. The van der Waals surface area contributed by atoms with Gasteiger partial charge in [0.1, 0.15) is 0 Å². The van der Waals surface area contributed by atoms with Crippen LogP contribution in [0.1, 0.15) is 39.9 Å². The van der Waals surface area contributed by atoms with Crippen molar-refractivity contribution in [3.8, 4) is 0 Å². The Morgan fingerprint density at radius 2 is 1.77 bits per heavy atom. The maximum absolute atomic E-state index is 12.3. The topological polar surface area (TPSA) is 43.4 Å². The van der Waals surface area contributed by atoms with E-state index in [2.05, 4.69) is 12.2 Å². The van der Waals surface area contributed by atoms with Crippen LogP contribution in [0.3, 0.4) is 0 Å². The second-order valence-corrected chi connectivity index (χ2v) is 6.67. The summed E-state index contributed by atoms with van der Waals surface area (Å²) in [6.07, 6.45) is 6.24. The Hall–Kier alpha value is -1.90. The molecule has 0 N–H and O–H groups in total. The van der Waals surface area contributed by atoms with Crippen LogP contribution in [0.5, 0.6) is 0 Å². The van der Waals surface area contributed by atoms with Gasteiger partial charge in [0, 0.05) is 5.56 Å². The number of ketones is 1. The molecule has 116 valence electrons. The number of hydrogen-bond acceptors (Lipinski definition) is 3. The van der Waals surface area contributed by atoms with Gasteiger partial charge in [-0.1, -0.05) is 18.2 Å². The second-order valence-electron chi connectivity index (χ2n) is 6.67. The highest BCUT2D eigenvalue weighted by molar-refractivity contribution is 5.99. The van der Waals surface area contributed by atoms with E-state index < -0.39 is 0 Å². The molecule has 1 aromatic carbocycles. The van der Waals surface area contributed by atoms with Gasteiger partial charge < -0.3 is 4.74 Å². The average molecular weight is 298 g/mol. The zero-order chi connectivity index (χ0) is 15.9. The molecule has 0 heterocycles. The first kappa shape index (κ1) is 15.0. The van der Waals surface area contributed by atoms with E-state index in [-0.39, 0.29) is 24.3 Å². The molecule has 3 rings (SSSR count). The molecule has 3 atom stereocenters. The molecule has 2 aliphatic rings. The van der Waals surface area contributed by atoms with Crippen LogP contribution < -0.4 is 0 Å². The molecule has 1 fully saturated rings. The molecule has 0 saturated heterocycles. The molecule has 1 aromatic rings. The van der Waals surface area contributed by atoms with E-state index in [1.807, 2.05) is 32.9 Å². The number of fused-ring (bicyclic) bond motifs is 2. The number of Topliss-reactive ketones (excluding diaryl/α,β-unsaturated/α-hetero) is 1. The fraction of sp³-hybridized carbons (Fsp3) is 0.474. The smallest absolute Gasteiger partial charge is 0.310 e. The summed E-state index contributed by atoms with van der Waals surface area (Å²) in [5.41, 5.74) is 3.84. The lowest BCUT2D eigenvalue weighted by molar-refractivity contribution is -0.148. The van der Waals surface area contributed by atoms with E-state index in [4.69, 9.17) is 4.74 Å². The van der Waals surface area contributed by atoms with Gasteiger partial charge in [-0.05, 0) is 68.2 Å². The third-order valence-corrected chi connectivity index (χ3v) is 5.07. The minimum absolute atomic E-state index is 0.0522. The average Bonchev–Trinajstić information content (AvgIpc) is 3.11. The molecule has 2 bridgehead atoms. The molecule has 22 heavy (non-hydrogen) atoms. The minimum Gasteiger partial charge on any atom is -0.457 e. The lowest BCUT2D eigenvalue weighted by atomic mass is 9.94. The molecule has 1 saturated carbocycles. The van der Waals surface area contributed by atoms with Gasteiger partial charge in [-0.3, -0.25) is 9.59 Å². The van der Waals surface area contributed by atoms with Crippen LogP contribution in [0.25, 0.3) is 0 Å². The number of aryl methyl sites for hydroxylation is 3. The van der Waals surface area contributed by atoms with Crippen molar-refractivity contribution in [3.05, 3.63) is 46.5 Å². The summed E-state index contributed by atoms with van der Waals surface area (Å²) in [6.45, 7) is 5.78. The number of rotatable bonds is 4. The fourth-order valence-electron chi connectivity index (χ4n) is 3.63. The number of benzene rings is 1. The lowest BCUT2D eigenvalue weighted by Gasteiger charge is -2.16. The first-order valence-electron chi connectivity index (χ1n) is 7.91. The summed E-state index contributed by atoms with van der Waals surface area (Å²) in [5, 5.41) is 0. The van der Waals surface area contributed by atoms with Crippen LogP contribution >= 0.6 is 0 Å². The van der Waals surface area contributed by atoms with E-state index >= 15 is 0 Å². The Bertz CT molecular complexity index is 657. The van der Waals surface area contributed by atoms with Gasteiger partial charge in [0.2, 0.25) is 5.78 Å². The molecule has 0 aromatic heterocycles. The van der Waals surface area contributed by atoms with Crippen molar-refractivity contribution >= 4 is 11.8 Å². The first-order chi connectivity index (χ1) is 10.5. The van der Waals surface area contributed by atoms with Crippen molar-refractivity contribution in [2.75, 3.05) is 6.61 Å². The quantitative estimate of drug-likeness (QED) is 0.485. The van der Waals surface area contributed by atoms with Crippen molar-refractivity contribution in [2.24, 2.45) is 17.8 Å². The van der Waals surface area contributed by atoms with Crippen molar-refractivity contribution in [1.82, 2.24) is 0 Å². The van der Waals surface area contributed by atoms with Crippen molar-refractivity contribution < 1.29 is 14.3 Å². The van der Waals surface area contributed by atoms with Crippen LogP contribution in [-0.4, -0.2) is 18.4 Å². The number of ether oxygens (including phenoxy) is 1. The molecule has 0 spiro atoms. The summed E-state index contributed by atoms with van der Waals surface area (Å²) in [7, 11) is 0. The largest absolute Gasteiger partial charge is 0.457 e. The van der Waals surface area contributed by atoms with Crippen LogP contribution in [0.4, 0.5) is 0 Å². The SMILES string of the molecule is Cc1cc(C)c(C(=O)COC(=O)[C@H]2C[C@@H]3C=C[C@H]2C3)cc1C. The molecule has 0 amide bonds. The number of esters is 1. The van der Waals surface area contributed by atoms with Gasteiger partial charge in [-0.15, -0.1) is 0 Å². The highest BCUT2D eigenvalue weighted by Gasteiger charge is 2.40. The van der Waals surface area contributed by atoms with Crippen molar-refractivity contribution in [2.45, 2.75) is 33.6 Å². The molecule has 0 radical (unpaired) electrons. The predicted molar refractivity (Wildman–Crippen MR) is 84.8 cm³/mol. The zero-order valence-corrected chi connectivity index (χ0v) is 13.4. The Kier molecular flexibility index (Phi) is 3.90. The first-order valence-corrected chi connectivity index (χ1v) is 7.91. The minimum atomic E-state index is -0.216. The highest BCUT2D eigenvalue weighted by atomic mass is 16.5. The van der Waals surface area contributed by atoms with E-state index in [1.165, 1.54) is 5.56 Å². The van der Waals surface area contributed by atoms with E-state index in [1.54, 1.807) is 0 Å². The van der Waals surface area contributed by atoms with E-state index in [9.17, 15) is 9.59 Å². The monoisotopic (exact) mass is 298 g/mol. The predicted octanol–water partition coefficient (Wildman–Crippen LogP) is 3.55. The van der Waals surface area contributed by atoms with Crippen LogP contribution in [0.2, 0.25) is 0 Å². The maximum atomic E-state index is 12.3. The van der Waals surface area contributed by atoms with Crippen molar-refractivity contribution in [1.29, 1.82) is 0 Å². The van der Waals surface area contributed by atoms with Gasteiger partial charge in [0.05, 0.1) is 5.92 Å². The summed E-state index contributed by atoms with van der Waals surface area (Å²) in [4.78, 5) is 24.5. The number of hydrogen-bond donors (Lipinski definition) is 0. The Morgan fingerprint density at radius 1 is 1.05 bits per heavy atom. The third-order valence-electron chi connectivity index (χ3n) is 5.07. The van der Waals surface area contributed by atoms with Gasteiger partial charge in [-0.25, -0.2) is 0 Å². The number of carbonyl (C=O) groups is 2. The maximum Gasteiger partial charge on any atom is 0.310 e. The fourth-order valence-corrected chi connectivity index (χ4v) is 3.63. The Morgan fingerprint density at radius 3 is 2.41 bits per heavy atom. The Labute approximate surface area is 131 Å². The third kappa shape index (κ3) is 2.72. The molecular weight excluding hydrogens is 276 g/mol. The summed E-state index contributed by atoms with van der Waals surface area (Å²) >= 11 is 0. The van der Waals surface area contributed by atoms with Crippen molar-refractivity contribution in [3.63, 3.8) is 0 Å². The molecule has 3 heteroatoms. The second kappa shape index (κ2) is 5.71. The highest BCUT2D eigenvalue weighted by Crippen LogP contribution is 2.43. The lowest BCUT2D eigenvalue weighted by Crippen LogP contribution is -2.24. The molecule has 2 aliphatic carbocycles. The summed E-state index contributed by atoms with van der Waals surface area (Å²) in [6, 6.07) is 3.90. The molecule has 3 nitrogen and oxygen atoms in total. The van der Waals surface area contributed by atoms with Crippen LogP contribution in [-0.2, 0) is 9.53 Å². The Balaban J connectivity index is 1.62. The molecular formula is C19H22O3. The van der Waals surface area contributed by atoms with E-state index in [0.717, 1.165) is 24.0 Å².